The van der Waals surface area contributed by atoms with Gasteiger partial charge in [0.25, 0.3) is 0 Å². The summed E-state index contributed by atoms with van der Waals surface area (Å²) in [6.07, 6.45) is 11.7. The summed E-state index contributed by atoms with van der Waals surface area (Å²) in [6, 6.07) is 0.955. The fourth-order valence-corrected chi connectivity index (χ4v) is 3.37. The van der Waals surface area contributed by atoms with Crippen LogP contribution in [0.15, 0.2) is 0 Å². The van der Waals surface area contributed by atoms with Crippen LogP contribution < -0.4 is 5.32 Å². The minimum Gasteiger partial charge on any atom is -0.392 e. The van der Waals surface area contributed by atoms with Crippen molar-refractivity contribution in [3.05, 3.63) is 0 Å². The van der Waals surface area contributed by atoms with Gasteiger partial charge in [0.05, 0.1) is 6.10 Å². The molecule has 0 aliphatic heterocycles. The van der Waals surface area contributed by atoms with Gasteiger partial charge in [-0.15, -0.1) is 0 Å². The van der Waals surface area contributed by atoms with Crippen molar-refractivity contribution in [2.45, 2.75) is 82.9 Å². The number of hydrogen-bond donors (Lipinski definition) is 2. The van der Waals surface area contributed by atoms with Crippen LogP contribution in [0.3, 0.4) is 0 Å². The van der Waals surface area contributed by atoms with Gasteiger partial charge in [0, 0.05) is 12.1 Å². The molecule has 0 aromatic heterocycles. The van der Waals surface area contributed by atoms with Gasteiger partial charge in [-0.25, -0.2) is 0 Å². The van der Waals surface area contributed by atoms with Gasteiger partial charge in [0.2, 0.25) is 0 Å². The SMILES string of the molecule is CC(CCC1CCCC1)NC1CCCC1O. The van der Waals surface area contributed by atoms with E-state index in [2.05, 4.69) is 12.2 Å². The Hall–Kier alpha value is -0.0800. The van der Waals surface area contributed by atoms with Crippen molar-refractivity contribution in [1.82, 2.24) is 5.32 Å². The van der Waals surface area contributed by atoms with E-state index in [0.29, 0.717) is 12.1 Å². The first-order chi connectivity index (χ1) is 7.75. The number of aliphatic hydroxyl groups is 1. The zero-order valence-electron chi connectivity index (χ0n) is 10.6. The monoisotopic (exact) mass is 225 g/mol. The Morgan fingerprint density at radius 3 is 2.50 bits per heavy atom. The number of nitrogens with one attached hydrogen (secondary N) is 1. The third-order valence-corrected chi connectivity index (χ3v) is 4.46. The average molecular weight is 225 g/mol. The number of aliphatic hydroxyl groups excluding tert-OH is 1. The zero-order chi connectivity index (χ0) is 11.4. The lowest BCUT2D eigenvalue weighted by Crippen LogP contribution is -2.41. The summed E-state index contributed by atoms with van der Waals surface area (Å²) in [4.78, 5) is 0. The van der Waals surface area contributed by atoms with Gasteiger partial charge >= 0.3 is 0 Å². The lowest BCUT2D eigenvalue weighted by atomic mass is 9.98. The smallest absolute Gasteiger partial charge is 0.0693 e. The van der Waals surface area contributed by atoms with Gasteiger partial charge in [0.1, 0.15) is 0 Å². The minimum absolute atomic E-state index is 0.0890. The molecule has 0 aromatic carbocycles. The molecule has 16 heavy (non-hydrogen) atoms. The van der Waals surface area contributed by atoms with Crippen LogP contribution in [0.25, 0.3) is 0 Å². The third kappa shape index (κ3) is 3.46. The van der Waals surface area contributed by atoms with Gasteiger partial charge in [-0.3, -0.25) is 0 Å². The molecule has 0 bridgehead atoms. The van der Waals surface area contributed by atoms with Crippen molar-refractivity contribution in [2.75, 3.05) is 0 Å². The highest BCUT2D eigenvalue weighted by molar-refractivity contribution is 4.84. The Bertz CT molecular complexity index is 201. The van der Waals surface area contributed by atoms with Crippen LogP contribution >= 0.6 is 0 Å². The van der Waals surface area contributed by atoms with Gasteiger partial charge in [-0.05, 0) is 44.9 Å². The van der Waals surface area contributed by atoms with Crippen molar-refractivity contribution in [1.29, 1.82) is 0 Å². The van der Waals surface area contributed by atoms with Crippen LogP contribution in [0.1, 0.15) is 64.7 Å². The van der Waals surface area contributed by atoms with Crippen LogP contribution in [0.5, 0.6) is 0 Å². The lowest BCUT2D eigenvalue weighted by molar-refractivity contribution is 0.142. The summed E-state index contributed by atoms with van der Waals surface area (Å²) in [7, 11) is 0. The zero-order valence-corrected chi connectivity index (χ0v) is 10.6. The van der Waals surface area contributed by atoms with Gasteiger partial charge in [-0.1, -0.05) is 25.7 Å². The van der Waals surface area contributed by atoms with Gasteiger partial charge < -0.3 is 10.4 Å². The molecule has 3 atom stereocenters. The molecule has 0 amide bonds. The van der Waals surface area contributed by atoms with Crippen molar-refractivity contribution in [2.24, 2.45) is 5.92 Å². The predicted molar refractivity (Wildman–Crippen MR) is 67.4 cm³/mol. The second-order valence-electron chi connectivity index (χ2n) is 5.90. The topological polar surface area (TPSA) is 32.3 Å². The van der Waals surface area contributed by atoms with Crippen LogP contribution in [0.4, 0.5) is 0 Å². The van der Waals surface area contributed by atoms with Crippen molar-refractivity contribution < 1.29 is 5.11 Å². The standard InChI is InChI=1S/C14H27NO/c1-11(9-10-12-5-2-3-6-12)15-13-7-4-8-14(13)16/h11-16H,2-10H2,1H3. The molecule has 2 saturated carbocycles. The first kappa shape index (κ1) is 12.4. The molecule has 0 spiro atoms. The maximum Gasteiger partial charge on any atom is 0.0693 e. The molecular formula is C14H27NO. The molecule has 0 heterocycles. The van der Waals surface area contributed by atoms with E-state index in [1.165, 1.54) is 44.9 Å². The molecule has 2 aliphatic carbocycles. The molecule has 2 nitrogen and oxygen atoms in total. The molecule has 2 N–H and O–H groups in total. The van der Waals surface area contributed by atoms with E-state index in [1.54, 1.807) is 0 Å². The molecule has 0 radical (unpaired) electrons. The Labute approximate surface area is 99.8 Å². The molecule has 94 valence electrons. The van der Waals surface area contributed by atoms with Gasteiger partial charge in [0.15, 0.2) is 0 Å². The van der Waals surface area contributed by atoms with E-state index in [4.69, 9.17) is 0 Å². The maximum absolute atomic E-state index is 9.76. The van der Waals surface area contributed by atoms with E-state index in [0.717, 1.165) is 18.8 Å². The fourth-order valence-electron chi connectivity index (χ4n) is 3.37. The summed E-state index contributed by atoms with van der Waals surface area (Å²) >= 11 is 0. The van der Waals surface area contributed by atoms with E-state index >= 15 is 0 Å². The summed E-state index contributed by atoms with van der Waals surface area (Å²) in [5, 5.41) is 13.4. The normalized spacial score (nSPS) is 33.4. The van der Waals surface area contributed by atoms with Crippen molar-refractivity contribution in [3.8, 4) is 0 Å². The molecule has 2 heteroatoms. The van der Waals surface area contributed by atoms with Crippen LogP contribution in [0, 0.1) is 5.92 Å². The quantitative estimate of drug-likeness (QED) is 0.754. The van der Waals surface area contributed by atoms with Crippen molar-refractivity contribution >= 4 is 0 Å². The van der Waals surface area contributed by atoms with Gasteiger partial charge in [-0.2, -0.15) is 0 Å². The Morgan fingerprint density at radius 1 is 1.12 bits per heavy atom. The summed E-state index contributed by atoms with van der Waals surface area (Å²) < 4.78 is 0. The van der Waals surface area contributed by atoms with Crippen molar-refractivity contribution in [3.63, 3.8) is 0 Å². The van der Waals surface area contributed by atoms with E-state index in [1.807, 2.05) is 0 Å². The Morgan fingerprint density at radius 2 is 1.88 bits per heavy atom. The second kappa shape index (κ2) is 6.02. The van der Waals surface area contributed by atoms with E-state index < -0.39 is 0 Å². The molecule has 0 aromatic rings. The molecular weight excluding hydrogens is 198 g/mol. The molecule has 2 rings (SSSR count). The summed E-state index contributed by atoms with van der Waals surface area (Å²) in [5.41, 5.74) is 0. The number of rotatable bonds is 5. The first-order valence-corrected chi connectivity index (χ1v) is 7.20. The number of hydrogen-bond acceptors (Lipinski definition) is 2. The Balaban J connectivity index is 1.61. The second-order valence-corrected chi connectivity index (χ2v) is 5.90. The molecule has 3 unspecified atom stereocenters. The highest BCUT2D eigenvalue weighted by Crippen LogP contribution is 2.29. The average Bonchev–Trinajstić information content (AvgIpc) is 2.88. The van der Waals surface area contributed by atoms with Crippen LogP contribution in [-0.4, -0.2) is 23.3 Å². The first-order valence-electron chi connectivity index (χ1n) is 7.20. The molecule has 2 fully saturated rings. The minimum atomic E-state index is -0.0890. The van der Waals surface area contributed by atoms with Crippen LogP contribution in [0.2, 0.25) is 0 Å². The van der Waals surface area contributed by atoms with E-state index in [9.17, 15) is 5.11 Å². The highest BCUT2D eigenvalue weighted by atomic mass is 16.3. The third-order valence-electron chi connectivity index (χ3n) is 4.46. The summed E-state index contributed by atoms with van der Waals surface area (Å²) in [5.74, 6) is 0.998. The lowest BCUT2D eigenvalue weighted by Gasteiger charge is -2.23. The molecule has 2 aliphatic rings. The van der Waals surface area contributed by atoms with Crippen LogP contribution in [-0.2, 0) is 0 Å². The fraction of sp³-hybridized carbons (Fsp3) is 1.00. The predicted octanol–water partition coefficient (Wildman–Crippen LogP) is 2.85. The maximum atomic E-state index is 9.76. The summed E-state index contributed by atoms with van der Waals surface area (Å²) in [6.45, 7) is 2.28. The van der Waals surface area contributed by atoms with E-state index in [-0.39, 0.29) is 6.10 Å². The Kier molecular flexibility index (Phi) is 4.66. The highest BCUT2D eigenvalue weighted by Gasteiger charge is 2.26. The largest absolute Gasteiger partial charge is 0.392 e. The molecule has 0 saturated heterocycles.